The van der Waals surface area contributed by atoms with Crippen LogP contribution in [0, 0.1) is 13.8 Å². The molecule has 5 aromatic rings. The maximum Gasteiger partial charge on any atom is 0.267 e. The number of anilines is 2. The van der Waals surface area contributed by atoms with E-state index in [1.165, 1.54) is 28.9 Å². The molecule has 228 valence electrons. The van der Waals surface area contributed by atoms with Gasteiger partial charge in [-0.1, -0.05) is 69.3 Å². The lowest BCUT2D eigenvalue weighted by molar-refractivity contribution is -0.116. The molecule has 1 unspecified atom stereocenters. The predicted molar refractivity (Wildman–Crippen MR) is 183 cm³/mol. The molecule has 14 heteroatoms. The average Bonchev–Trinajstić information content (AvgIpc) is 3.50. The van der Waals surface area contributed by atoms with Crippen molar-refractivity contribution >= 4 is 104 Å². The molecule has 0 saturated carbocycles. The summed E-state index contributed by atoms with van der Waals surface area (Å²) in [6.07, 6.45) is 0. The van der Waals surface area contributed by atoms with Gasteiger partial charge < -0.3 is 5.32 Å². The van der Waals surface area contributed by atoms with E-state index in [1.54, 1.807) is 48.1 Å². The zero-order valence-corrected chi connectivity index (χ0v) is 27.7. The molecule has 9 nitrogen and oxygen atoms in total. The van der Waals surface area contributed by atoms with Gasteiger partial charge in [-0.25, -0.2) is 14.7 Å². The summed E-state index contributed by atoms with van der Waals surface area (Å²) in [6, 6.07) is 19.1. The van der Waals surface area contributed by atoms with E-state index >= 15 is 0 Å². The Bertz CT molecular complexity index is 2030. The number of amidine groups is 1. The van der Waals surface area contributed by atoms with Crippen molar-refractivity contribution in [1.82, 2.24) is 20.4 Å². The molecule has 1 aliphatic heterocycles. The van der Waals surface area contributed by atoms with Gasteiger partial charge >= 0.3 is 0 Å². The number of hydrogen-bond acceptors (Lipinski definition) is 6. The number of hydrogen-bond donors (Lipinski definition) is 2. The third-order valence-corrected chi connectivity index (χ3v) is 9.50. The number of aromatic nitrogens is 3. The molecule has 1 fully saturated rings. The van der Waals surface area contributed by atoms with E-state index in [4.69, 9.17) is 51.4 Å². The molecule has 2 heterocycles. The van der Waals surface area contributed by atoms with Crippen LogP contribution >= 0.6 is 58.2 Å². The number of amides is 2. The minimum atomic E-state index is -0.804. The molecule has 4 aromatic carbocycles. The van der Waals surface area contributed by atoms with Crippen LogP contribution in [0.3, 0.4) is 0 Å². The Hall–Kier alpha value is -3.80. The third kappa shape index (κ3) is 6.34. The largest absolute Gasteiger partial charge is 0.322 e. The topological polar surface area (TPSA) is 105 Å². The van der Waals surface area contributed by atoms with Crippen LogP contribution in [-0.4, -0.2) is 37.9 Å². The summed E-state index contributed by atoms with van der Waals surface area (Å²) in [5.41, 5.74) is 7.97. The van der Waals surface area contributed by atoms with E-state index in [-0.39, 0.29) is 27.5 Å². The Labute approximate surface area is 282 Å². The maximum atomic E-state index is 14.0. The summed E-state index contributed by atoms with van der Waals surface area (Å²) in [5, 5.41) is 12.4. The highest BCUT2D eigenvalue weighted by Gasteiger charge is 2.41. The molecule has 6 rings (SSSR count). The number of hydrazine groups is 1. The Morgan fingerprint density at radius 3 is 2.47 bits per heavy atom. The highest BCUT2D eigenvalue weighted by atomic mass is 35.5. The Balaban J connectivity index is 1.35. The number of aryl methyl sites for hydroxylation is 3. The highest BCUT2D eigenvalue weighted by molar-refractivity contribution is 8.01. The molecule has 1 saturated heterocycles. The smallest absolute Gasteiger partial charge is 0.267 e. The SMILES string of the molecule is Cc1ccc(C)c(SC2C(=O)N(c3c(Cl)cc(Cl)cc3Cl)NC2=Nc2cc(NC(=O)c3ccc4c(c3)nnn4C)ccc2Cl)c1. The minimum absolute atomic E-state index is 0.188. The Morgan fingerprint density at radius 1 is 0.956 bits per heavy atom. The van der Waals surface area contributed by atoms with Gasteiger partial charge in [0.15, 0.2) is 0 Å². The maximum absolute atomic E-state index is 14.0. The number of rotatable bonds is 6. The fourth-order valence-electron chi connectivity index (χ4n) is 4.72. The quantitative estimate of drug-likeness (QED) is 0.185. The van der Waals surface area contributed by atoms with Gasteiger partial charge in [0, 0.05) is 28.2 Å². The first-order chi connectivity index (χ1) is 21.5. The zero-order valence-electron chi connectivity index (χ0n) is 23.9. The van der Waals surface area contributed by atoms with Crippen molar-refractivity contribution in [1.29, 1.82) is 0 Å². The van der Waals surface area contributed by atoms with Crippen LogP contribution in [0.2, 0.25) is 20.1 Å². The van der Waals surface area contributed by atoms with Gasteiger partial charge in [0.2, 0.25) is 0 Å². The van der Waals surface area contributed by atoms with Crippen LogP contribution in [0.4, 0.5) is 17.1 Å². The number of benzene rings is 4. The summed E-state index contributed by atoms with van der Waals surface area (Å²) >= 11 is 27.1. The number of nitrogens with one attached hydrogen (secondary N) is 2. The Kier molecular flexibility index (Phi) is 8.69. The fourth-order valence-corrected chi connectivity index (χ4v) is 7.05. The van der Waals surface area contributed by atoms with Crippen LogP contribution in [-0.2, 0) is 11.8 Å². The molecule has 2 amide bonds. The number of carbonyl (C=O) groups excluding carboxylic acids is 2. The van der Waals surface area contributed by atoms with Gasteiger partial charge in [-0.2, -0.15) is 0 Å². The third-order valence-electron chi connectivity index (χ3n) is 7.03. The van der Waals surface area contributed by atoms with Crippen molar-refractivity contribution in [3.05, 3.63) is 104 Å². The van der Waals surface area contributed by atoms with Crippen LogP contribution < -0.4 is 15.8 Å². The van der Waals surface area contributed by atoms with Crippen molar-refractivity contribution in [2.75, 3.05) is 10.3 Å². The molecule has 45 heavy (non-hydrogen) atoms. The van der Waals surface area contributed by atoms with E-state index in [2.05, 4.69) is 21.1 Å². The van der Waals surface area contributed by atoms with Crippen LogP contribution in [0.1, 0.15) is 21.5 Å². The van der Waals surface area contributed by atoms with Crippen LogP contribution in [0.15, 0.2) is 76.6 Å². The van der Waals surface area contributed by atoms with E-state index in [0.29, 0.717) is 38.3 Å². The molecular weight excluding hydrogens is 676 g/mol. The van der Waals surface area contributed by atoms with Gasteiger partial charge in [0.05, 0.1) is 26.3 Å². The first-order valence-corrected chi connectivity index (χ1v) is 15.9. The lowest BCUT2D eigenvalue weighted by Crippen LogP contribution is -2.36. The van der Waals surface area contributed by atoms with Crippen LogP contribution in [0.25, 0.3) is 11.0 Å². The lowest BCUT2D eigenvalue weighted by Gasteiger charge is -2.19. The van der Waals surface area contributed by atoms with Gasteiger partial charge in [-0.15, -0.1) is 16.9 Å². The molecule has 1 aromatic heterocycles. The van der Waals surface area contributed by atoms with Crippen LogP contribution in [0.5, 0.6) is 0 Å². The number of carbonyl (C=O) groups is 2. The predicted octanol–water partition coefficient (Wildman–Crippen LogP) is 8.19. The van der Waals surface area contributed by atoms with E-state index in [1.807, 2.05) is 32.0 Å². The normalized spacial score (nSPS) is 15.6. The van der Waals surface area contributed by atoms with E-state index < -0.39 is 5.25 Å². The van der Waals surface area contributed by atoms with Crippen molar-refractivity contribution in [3.63, 3.8) is 0 Å². The Morgan fingerprint density at radius 2 is 1.71 bits per heavy atom. The molecular formula is C31H23Cl4N7O2S. The molecule has 1 aliphatic rings. The second-order valence-corrected chi connectivity index (χ2v) is 13.1. The number of fused-ring (bicyclic) bond motifs is 1. The number of nitrogens with zero attached hydrogens (tertiary/aromatic N) is 5. The zero-order chi connectivity index (χ0) is 32.0. The van der Waals surface area contributed by atoms with Crippen molar-refractivity contribution in [2.45, 2.75) is 24.0 Å². The standard InChI is InChI=1S/C31H23Cl4N7O2S/c1-15-4-5-16(2)26(10-15)45-28-29(39-42(31(28)44)27-21(34)12-18(32)13-22(27)35)37-23-14-19(7-8-20(23)33)36-30(43)17-6-9-25-24(11-17)38-40-41(25)3/h4-14,28H,1-3H3,(H,36,43)(H,37,39). The molecule has 0 spiro atoms. The van der Waals surface area contributed by atoms with Gasteiger partial charge in [-0.3, -0.25) is 15.0 Å². The van der Waals surface area contributed by atoms with Gasteiger partial charge in [0.1, 0.15) is 22.3 Å². The monoisotopic (exact) mass is 697 g/mol. The molecule has 0 aliphatic carbocycles. The highest BCUT2D eigenvalue weighted by Crippen LogP contribution is 2.41. The number of thioether (sulfide) groups is 1. The summed E-state index contributed by atoms with van der Waals surface area (Å²) < 4.78 is 1.63. The minimum Gasteiger partial charge on any atom is -0.322 e. The second kappa shape index (κ2) is 12.5. The van der Waals surface area contributed by atoms with Crippen molar-refractivity contribution in [2.24, 2.45) is 12.0 Å². The lowest BCUT2D eigenvalue weighted by atomic mass is 10.1. The molecule has 0 bridgehead atoms. The number of halogens is 4. The van der Waals surface area contributed by atoms with Gasteiger partial charge in [-0.05, 0) is 74.0 Å². The average molecular weight is 699 g/mol. The molecule has 2 N–H and O–H groups in total. The first kappa shape index (κ1) is 31.2. The second-order valence-electron chi connectivity index (χ2n) is 10.3. The van der Waals surface area contributed by atoms with Crippen molar-refractivity contribution in [3.8, 4) is 0 Å². The summed E-state index contributed by atoms with van der Waals surface area (Å²) in [7, 11) is 1.78. The van der Waals surface area contributed by atoms with E-state index in [0.717, 1.165) is 21.5 Å². The first-order valence-electron chi connectivity index (χ1n) is 13.5. The van der Waals surface area contributed by atoms with E-state index in [9.17, 15) is 9.59 Å². The molecule has 0 radical (unpaired) electrons. The fraction of sp³-hybridized carbons (Fsp3) is 0.129. The van der Waals surface area contributed by atoms with Crippen molar-refractivity contribution < 1.29 is 9.59 Å². The summed E-state index contributed by atoms with van der Waals surface area (Å²) in [4.78, 5) is 32.8. The number of aliphatic imine (C=N–C) groups is 1. The van der Waals surface area contributed by atoms with Gasteiger partial charge in [0.25, 0.3) is 11.8 Å². The molecule has 1 atom stereocenters. The summed E-state index contributed by atoms with van der Waals surface area (Å²) in [5.74, 6) is -0.392. The summed E-state index contributed by atoms with van der Waals surface area (Å²) in [6.45, 7) is 3.96.